The van der Waals surface area contributed by atoms with Gasteiger partial charge in [0, 0.05) is 23.2 Å². The average Bonchev–Trinajstić information content (AvgIpc) is 2.82. The Hall–Kier alpha value is -1.42. The summed E-state index contributed by atoms with van der Waals surface area (Å²) in [6.45, 7) is 7.32. The highest BCUT2D eigenvalue weighted by Gasteiger charge is 2.07. The lowest BCUT2D eigenvalue weighted by atomic mass is 10.3. The average molecular weight is 261 g/mol. The predicted octanol–water partition coefficient (Wildman–Crippen LogP) is 3.90. The van der Waals surface area contributed by atoms with Crippen molar-refractivity contribution >= 4 is 17.2 Å². The molecule has 1 N–H and O–H groups in total. The first-order valence-corrected chi connectivity index (χ1v) is 7.23. The topological polar surface area (TPSA) is 37.8 Å². The molecule has 0 aromatic carbocycles. The molecule has 4 heteroatoms. The minimum atomic E-state index is 0.839. The van der Waals surface area contributed by atoms with Gasteiger partial charge in [-0.1, -0.05) is 13.8 Å². The van der Waals surface area contributed by atoms with Gasteiger partial charge in [0.15, 0.2) is 5.82 Å². The Morgan fingerprint density at radius 3 is 2.67 bits per heavy atom. The first kappa shape index (κ1) is 13.0. The Balaban J connectivity index is 2.34. The van der Waals surface area contributed by atoms with Gasteiger partial charge in [-0.3, -0.25) is 0 Å². The second-order valence-corrected chi connectivity index (χ2v) is 5.55. The van der Waals surface area contributed by atoms with Gasteiger partial charge < -0.3 is 5.32 Å². The largest absolute Gasteiger partial charge is 0.370 e. The Labute approximate surface area is 112 Å². The maximum atomic E-state index is 4.60. The van der Waals surface area contributed by atoms with E-state index in [-0.39, 0.29) is 0 Å². The second kappa shape index (κ2) is 5.96. The van der Waals surface area contributed by atoms with Gasteiger partial charge in [0.1, 0.15) is 5.82 Å². The maximum absolute atomic E-state index is 4.60. The number of anilines is 1. The Bertz CT molecular complexity index is 520. The van der Waals surface area contributed by atoms with Gasteiger partial charge in [0.25, 0.3) is 0 Å². The molecule has 0 fully saturated rings. The summed E-state index contributed by atoms with van der Waals surface area (Å²) in [4.78, 5) is 11.6. The van der Waals surface area contributed by atoms with Crippen molar-refractivity contribution in [1.82, 2.24) is 9.97 Å². The fraction of sp³-hybridized carbons (Fsp3) is 0.429. The molecule has 2 aromatic rings. The van der Waals surface area contributed by atoms with Crippen molar-refractivity contribution in [2.45, 2.75) is 33.6 Å². The van der Waals surface area contributed by atoms with Gasteiger partial charge in [-0.05, 0) is 31.9 Å². The lowest BCUT2D eigenvalue weighted by molar-refractivity contribution is 0.952. The SMILES string of the molecule is CCCNc1cc(CC)nc(-c2ccc(C)s2)n1. The standard InChI is InChI=1S/C14H19N3S/c1-4-8-15-13-9-11(5-2)16-14(17-13)12-7-6-10(3)18-12/h6-7,9H,4-5,8H2,1-3H3,(H,15,16,17). The molecule has 0 unspecified atom stereocenters. The maximum Gasteiger partial charge on any atom is 0.171 e. The predicted molar refractivity (Wildman–Crippen MR) is 78.2 cm³/mol. The molecule has 0 aliphatic carbocycles. The van der Waals surface area contributed by atoms with Crippen LogP contribution in [0.15, 0.2) is 18.2 Å². The molecule has 2 aromatic heterocycles. The Morgan fingerprint density at radius 2 is 2.06 bits per heavy atom. The number of aromatic nitrogens is 2. The van der Waals surface area contributed by atoms with Crippen LogP contribution >= 0.6 is 11.3 Å². The van der Waals surface area contributed by atoms with Crippen molar-refractivity contribution in [3.05, 3.63) is 28.8 Å². The van der Waals surface area contributed by atoms with Crippen LogP contribution in [0, 0.1) is 6.92 Å². The number of hydrogen-bond acceptors (Lipinski definition) is 4. The van der Waals surface area contributed by atoms with Gasteiger partial charge in [-0.25, -0.2) is 9.97 Å². The summed E-state index contributed by atoms with van der Waals surface area (Å²) in [5.74, 6) is 1.77. The third kappa shape index (κ3) is 3.07. The first-order valence-electron chi connectivity index (χ1n) is 6.41. The van der Waals surface area contributed by atoms with Gasteiger partial charge in [-0.2, -0.15) is 0 Å². The van der Waals surface area contributed by atoms with Crippen LogP contribution in [0.3, 0.4) is 0 Å². The number of aryl methyl sites for hydroxylation is 2. The van der Waals surface area contributed by atoms with E-state index in [1.165, 1.54) is 4.88 Å². The number of nitrogens with one attached hydrogen (secondary N) is 1. The summed E-state index contributed by atoms with van der Waals surface area (Å²) < 4.78 is 0. The first-order chi connectivity index (χ1) is 8.72. The molecule has 0 atom stereocenters. The van der Waals surface area contributed by atoms with E-state index in [0.29, 0.717) is 0 Å². The van der Waals surface area contributed by atoms with Crippen LogP contribution in [-0.4, -0.2) is 16.5 Å². The Morgan fingerprint density at radius 1 is 1.22 bits per heavy atom. The molecular formula is C14H19N3S. The van der Waals surface area contributed by atoms with Crippen LogP contribution in [0.2, 0.25) is 0 Å². The van der Waals surface area contributed by atoms with Crippen molar-refractivity contribution in [3.8, 4) is 10.7 Å². The van der Waals surface area contributed by atoms with E-state index in [1.54, 1.807) is 11.3 Å². The van der Waals surface area contributed by atoms with Gasteiger partial charge >= 0.3 is 0 Å². The monoisotopic (exact) mass is 261 g/mol. The summed E-state index contributed by atoms with van der Waals surface area (Å²) in [6, 6.07) is 6.25. The van der Waals surface area contributed by atoms with Gasteiger partial charge in [-0.15, -0.1) is 11.3 Å². The van der Waals surface area contributed by atoms with Gasteiger partial charge in [0.05, 0.1) is 4.88 Å². The van der Waals surface area contributed by atoms with Crippen LogP contribution in [0.4, 0.5) is 5.82 Å². The Kier molecular flexibility index (Phi) is 4.31. The number of thiophene rings is 1. The quantitative estimate of drug-likeness (QED) is 0.887. The third-order valence-electron chi connectivity index (χ3n) is 2.66. The lowest BCUT2D eigenvalue weighted by Crippen LogP contribution is -2.05. The van der Waals surface area contributed by atoms with E-state index in [2.05, 4.69) is 48.2 Å². The van der Waals surface area contributed by atoms with E-state index in [4.69, 9.17) is 0 Å². The molecule has 0 saturated heterocycles. The van der Waals surface area contributed by atoms with Crippen molar-refractivity contribution in [1.29, 1.82) is 0 Å². The van der Waals surface area contributed by atoms with Crippen LogP contribution in [-0.2, 0) is 6.42 Å². The van der Waals surface area contributed by atoms with Crippen molar-refractivity contribution in [2.24, 2.45) is 0 Å². The summed E-state index contributed by atoms with van der Waals surface area (Å²) >= 11 is 1.74. The number of nitrogens with zero attached hydrogens (tertiary/aromatic N) is 2. The molecular weight excluding hydrogens is 242 g/mol. The molecule has 2 heterocycles. The van der Waals surface area contributed by atoms with E-state index >= 15 is 0 Å². The molecule has 2 rings (SSSR count). The van der Waals surface area contributed by atoms with E-state index < -0.39 is 0 Å². The highest BCUT2D eigenvalue weighted by molar-refractivity contribution is 7.15. The highest BCUT2D eigenvalue weighted by Crippen LogP contribution is 2.26. The number of hydrogen-bond donors (Lipinski definition) is 1. The van der Waals surface area contributed by atoms with Crippen LogP contribution in [0.1, 0.15) is 30.8 Å². The molecule has 96 valence electrons. The zero-order chi connectivity index (χ0) is 13.0. The van der Waals surface area contributed by atoms with Crippen LogP contribution < -0.4 is 5.32 Å². The molecule has 3 nitrogen and oxygen atoms in total. The summed E-state index contributed by atoms with van der Waals surface area (Å²) in [5.41, 5.74) is 1.09. The van der Waals surface area contributed by atoms with Crippen molar-refractivity contribution < 1.29 is 0 Å². The summed E-state index contributed by atoms with van der Waals surface area (Å²) in [6.07, 6.45) is 2.03. The van der Waals surface area contributed by atoms with E-state index in [1.807, 2.05) is 6.07 Å². The van der Waals surface area contributed by atoms with E-state index in [0.717, 1.165) is 41.6 Å². The van der Waals surface area contributed by atoms with Crippen molar-refractivity contribution in [2.75, 3.05) is 11.9 Å². The second-order valence-electron chi connectivity index (χ2n) is 4.26. The molecule has 0 bridgehead atoms. The minimum absolute atomic E-state index is 0.839. The van der Waals surface area contributed by atoms with Crippen LogP contribution in [0.5, 0.6) is 0 Å². The molecule has 0 radical (unpaired) electrons. The molecule has 0 aliphatic heterocycles. The van der Waals surface area contributed by atoms with Crippen molar-refractivity contribution in [3.63, 3.8) is 0 Å². The molecule has 0 spiro atoms. The van der Waals surface area contributed by atoms with Gasteiger partial charge in [0.2, 0.25) is 0 Å². The summed E-state index contributed by atoms with van der Waals surface area (Å²) in [7, 11) is 0. The number of rotatable bonds is 5. The smallest absolute Gasteiger partial charge is 0.171 e. The zero-order valence-electron chi connectivity index (χ0n) is 11.2. The van der Waals surface area contributed by atoms with Crippen LogP contribution in [0.25, 0.3) is 10.7 Å². The molecule has 0 aliphatic rings. The third-order valence-corrected chi connectivity index (χ3v) is 3.65. The normalized spacial score (nSPS) is 10.6. The summed E-state index contributed by atoms with van der Waals surface area (Å²) in [5, 5.41) is 3.34. The zero-order valence-corrected chi connectivity index (χ0v) is 12.0. The molecule has 18 heavy (non-hydrogen) atoms. The lowest BCUT2D eigenvalue weighted by Gasteiger charge is -2.07. The fourth-order valence-electron chi connectivity index (χ4n) is 1.69. The minimum Gasteiger partial charge on any atom is -0.370 e. The van der Waals surface area contributed by atoms with E-state index in [9.17, 15) is 0 Å². The highest BCUT2D eigenvalue weighted by atomic mass is 32.1. The molecule has 0 saturated carbocycles. The molecule has 0 amide bonds. The fourth-order valence-corrected chi connectivity index (χ4v) is 2.49.